The van der Waals surface area contributed by atoms with Crippen LogP contribution in [0, 0.1) is 19.7 Å². The number of rotatable bonds is 0. The van der Waals surface area contributed by atoms with Crippen molar-refractivity contribution in [1.82, 2.24) is 4.57 Å². The van der Waals surface area contributed by atoms with Gasteiger partial charge in [0.05, 0.1) is 5.52 Å². The normalized spacial score (nSPS) is 11.1. The average molecular weight is 193 g/mol. The second-order valence-corrected chi connectivity index (χ2v) is 3.56. The summed E-state index contributed by atoms with van der Waals surface area (Å²) in [6, 6.07) is 3.12. The van der Waals surface area contributed by atoms with Crippen LogP contribution in [-0.2, 0) is 7.05 Å². The lowest BCUT2D eigenvalue weighted by Crippen LogP contribution is -1.89. The molecular weight excluding hydrogens is 181 g/mol. The lowest BCUT2D eigenvalue weighted by Gasteiger charge is -1.99. The highest BCUT2D eigenvalue weighted by atomic mass is 19.1. The van der Waals surface area contributed by atoms with Crippen molar-refractivity contribution >= 4 is 10.9 Å². The molecule has 2 rings (SSSR count). The van der Waals surface area contributed by atoms with Crippen LogP contribution in [0.2, 0.25) is 0 Å². The molecule has 14 heavy (non-hydrogen) atoms. The molecule has 1 aromatic heterocycles. The third-order valence-corrected chi connectivity index (χ3v) is 2.88. The van der Waals surface area contributed by atoms with E-state index in [-0.39, 0.29) is 5.75 Å². The van der Waals surface area contributed by atoms with E-state index in [0.29, 0.717) is 5.39 Å². The lowest BCUT2D eigenvalue weighted by molar-refractivity contribution is 0.436. The second-order valence-electron chi connectivity index (χ2n) is 3.56. The van der Waals surface area contributed by atoms with Gasteiger partial charge in [-0.2, -0.15) is 0 Å². The third kappa shape index (κ3) is 0.953. The first-order valence-corrected chi connectivity index (χ1v) is 4.47. The van der Waals surface area contributed by atoms with Gasteiger partial charge in [-0.05, 0) is 31.5 Å². The molecule has 0 aliphatic rings. The molecule has 1 aromatic carbocycles. The number of hydrogen-bond acceptors (Lipinski definition) is 1. The van der Waals surface area contributed by atoms with E-state index in [2.05, 4.69) is 0 Å². The van der Waals surface area contributed by atoms with Gasteiger partial charge in [0.1, 0.15) is 0 Å². The first-order chi connectivity index (χ1) is 6.54. The molecule has 1 N–H and O–H groups in total. The molecule has 0 radical (unpaired) electrons. The minimum atomic E-state index is -0.524. The summed E-state index contributed by atoms with van der Waals surface area (Å²) >= 11 is 0. The maximum Gasteiger partial charge on any atom is 0.174 e. The number of hydrogen-bond donors (Lipinski definition) is 1. The van der Waals surface area contributed by atoms with Crippen molar-refractivity contribution in [3.63, 3.8) is 0 Å². The zero-order valence-electron chi connectivity index (χ0n) is 8.43. The standard InChI is InChI=1S/C11H12FNO/c1-6-7(2)13(3)8-4-5-9(14)11(12)10(6)8/h4-5,14H,1-3H3. The Kier molecular flexibility index (Phi) is 1.77. The first kappa shape index (κ1) is 9.06. The fourth-order valence-electron chi connectivity index (χ4n) is 1.80. The van der Waals surface area contributed by atoms with E-state index in [1.165, 1.54) is 6.07 Å². The molecule has 2 aromatic rings. The van der Waals surface area contributed by atoms with Crippen molar-refractivity contribution in [2.24, 2.45) is 7.05 Å². The predicted molar refractivity (Wildman–Crippen MR) is 54.0 cm³/mol. The summed E-state index contributed by atoms with van der Waals surface area (Å²) in [5.74, 6) is -0.810. The topological polar surface area (TPSA) is 25.2 Å². The number of benzene rings is 1. The maximum absolute atomic E-state index is 13.6. The minimum absolute atomic E-state index is 0.286. The van der Waals surface area contributed by atoms with E-state index < -0.39 is 5.82 Å². The van der Waals surface area contributed by atoms with E-state index in [9.17, 15) is 9.50 Å². The Morgan fingerprint density at radius 2 is 1.93 bits per heavy atom. The maximum atomic E-state index is 13.6. The van der Waals surface area contributed by atoms with E-state index in [1.54, 1.807) is 6.07 Å². The van der Waals surface area contributed by atoms with Gasteiger partial charge in [-0.25, -0.2) is 4.39 Å². The second kappa shape index (κ2) is 2.74. The van der Waals surface area contributed by atoms with Crippen molar-refractivity contribution in [1.29, 1.82) is 0 Å². The number of aryl methyl sites for hydroxylation is 2. The highest BCUT2D eigenvalue weighted by Crippen LogP contribution is 2.30. The Labute approximate surface area is 81.6 Å². The number of halogens is 1. The third-order valence-electron chi connectivity index (χ3n) is 2.88. The fraction of sp³-hybridized carbons (Fsp3) is 0.273. The molecule has 3 heteroatoms. The summed E-state index contributed by atoms with van der Waals surface area (Å²) in [5, 5.41) is 9.78. The van der Waals surface area contributed by atoms with Gasteiger partial charge in [0.2, 0.25) is 0 Å². The molecule has 0 saturated heterocycles. The SMILES string of the molecule is Cc1c(C)n(C)c2ccc(O)c(F)c12. The van der Waals surface area contributed by atoms with Crippen LogP contribution >= 0.6 is 0 Å². The van der Waals surface area contributed by atoms with Gasteiger partial charge in [0, 0.05) is 18.1 Å². The summed E-state index contributed by atoms with van der Waals surface area (Å²) < 4.78 is 15.5. The molecule has 0 unspecified atom stereocenters. The molecule has 0 aliphatic carbocycles. The summed E-state index contributed by atoms with van der Waals surface area (Å²) in [6.07, 6.45) is 0. The average Bonchev–Trinajstić information content (AvgIpc) is 2.38. The molecule has 0 spiro atoms. The number of aromatic hydroxyl groups is 1. The van der Waals surface area contributed by atoms with E-state index in [0.717, 1.165) is 16.8 Å². The molecule has 0 amide bonds. The first-order valence-electron chi connectivity index (χ1n) is 4.47. The van der Waals surface area contributed by atoms with Gasteiger partial charge >= 0.3 is 0 Å². The molecular formula is C11H12FNO. The molecule has 0 atom stereocenters. The minimum Gasteiger partial charge on any atom is -0.505 e. The molecule has 1 heterocycles. The van der Waals surface area contributed by atoms with E-state index in [4.69, 9.17) is 0 Å². The Hall–Kier alpha value is -1.51. The van der Waals surface area contributed by atoms with Crippen LogP contribution in [0.3, 0.4) is 0 Å². The van der Waals surface area contributed by atoms with Crippen LogP contribution < -0.4 is 0 Å². The quantitative estimate of drug-likeness (QED) is 0.683. The van der Waals surface area contributed by atoms with Crippen molar-refractivity contribution in [2.45, 2.75) is 13.8 Å². The monoisotopic (exact) mass is 193 g/mol. The molecule has 0 fully saturated rings. The van der Waals surface area contributed by atoms with Crippen LogP contribution in [-0.4, -0.2) is 9.67 Å². The Morgan fingerprint density at radius 1 is 1.29 bits per heavy atom. The largest absolute Gasteiger partial charge is 0.505 e. The molecule has 0 saturated carbocycles. The highest BCUT2D eigenvalue weighted by molar-refractivity contribution is 5.87. The van der Waals surface area contributed by atoms with Crippen molar-refractivity contribution < 1.29 is 9.50 Å². The number of aromatic nitrogens is 1. The molecule has 0 bridgehead atoms. The zero-order chi connectivity index (χ0) is 10.5. The number of nitrogens with zero attached hydrogens (tertiary/aromatic N) is 1. The number of phenols is 1. The molecule has 0 aliphatic heterocycles. The predicted octanol–water partition coefficient (Wildman–Crippen LogP) is 2.64. The zero-order valence-corrected chi connectivity index (χ0v) is 8.43. The number of phenolic OH excluding ortho intramolecular Hbond substituents is 1. The summed E-state index contributed by atoms with van der Waals surface area (Å²) in [6.45, 7) is 3.80. The van der Waals surface area contributed by atoms with Gasteiger partial charge < -0.3 is 9.67 Å². The van der Waals surface area contributed by atoms with Crippen molar-refractivity contribution in [3.8, 4) is 5.75 Å². The van der Waals surface area contributed by atoms with Crippen LogP contribution in [0.25, 0.3) is 10.9 Å². The summed E-state index contributed by atoms with van der Waals surface area (Å²) in [7, 11) is 1.89. The Morgan fingerprint density at radius 3 is 2.57 bits per heavy atom. The smallest absolute Gasteiger partial charge is 0.174 e. The van der Waals surface area contributed by atoms with Gasteiger partial charge in [0.25, 0.3) is 0 Å². The Balaban J connectivity index is 3.03. The fourth-order valence-corrected chi connectivity index (χ4v) is 1.80. The lowest BCUT2D eigenvalue weighted by atomic mass is 10.1. The summed E-state index contributed by atoms with van der Waals surface area (Å²) in [5.41, 5.74) is 2.72. The van der Waals surface area contributed by atoms with E-state index >= 15 is 0 Å². The van der Waals surface area contributed by atoms with Crippen molar-refractivity contribution in [3.05, 3.63) is 29.2 Å². The number of fused-ring (bicyclic) bond motifs is 1. The highest BCUT2D eigenvalue weighted by Gasteiger charge is 2.14. The van der Waals surface area contributed by atoms with Gasteiger partial charge in [-0.15, -0.1) is 0 Å². The Bertz CT molecular complexity index is 514. The van der Waals surface area contributed by atoms with Crippen molar-refractivity contribution in [2.75, 3.05) is 0 Å². The summed E-state index contributed by atoms with van der Waals surface area (Å²) in [4.78, 5) is 0. The molecule has 74 valence electrons. The van der Waals surface area contributed by atoms with Crippen LogP contribution in [0.5, 0.6) is 5.75 Å². The van der Waals surface area contributed by atoms with Gasteiger partial charge in [-0.3, -0.25) is 0 Å². The molecule has 2 nitrogen and oxygen atoms in total. The van der Waals surface area contributed by atoms with E-state index in [1.807, 2.05) is 25.5 Å². The van der Waals surface area contributed by atoms with Gasteiger partial charge in [0.15, 0.2) is 11.6 Å². The van der Waals surface area contributed by atoms with Gasteiger partial charge in [-0.1, -0.05) is 0 Å². The van der Waals surface area contributed by atoms with Crippen LogP contribution in [0.1, 0.15) is 11.3 Å². The van der Waals surface area contributed by atoms with Crippen LogP contribution in [0.15, 0.2) is 12.1 Å². The van der Waals surface area contributed by atoms with Crippen LogP contribution in [0.4, 0.5) is 4.39 Å².